The average molecular weight is 1550 g/mol. The fourth-order valence-corrected chi connectivity index (χ4v) is 13.2. The van der Waals surface area contributed by atoms with Gasteiger partial charge in [-0.25, -0.2) is 14.6 Å². The summed E-state index contributed by atoms with van der Waals surface area (Å²) in [6, 6.07) is -1.16. The summed E-state index contributed by atoms with van der Waals surface area (Å²) < 4.78 is 5.85. The molecule has 5 aromatic rings. The van der Waals surface area contributed by atoms with Gasteiger partial charge in [-0.1, -0.05) is 98.3 Å². The molecule has 3 aromatic heterocycles. The van der Waals surface area contributed by atoms with E-state index in [1.165, 1.54) is 35.8 Å². The molecule has 9 atom stereocenters. The van der Waals surface area contributed by atoms with E-state index in [-0.39, 0.29) is 63.8 Å². The number of nitrogens with one attached hydrogen (secondary N) is 15. The molecule has 14 amide bonds. The molecule has 2 aliphatic heterocycles. The van der Waals surface area contributed by atoms with Gasteiger partial charge in [-0.15, -0.1) is 0 Å². The minimum atomic E-state index is -1.88. The lowest BCUT2D eigenvalue weighted by atomic mass is 10.0. The van der Waals surface area contributed by atoms with Gasteiger partial charge in [-0.2, -0.15) is 0 Å². The molecule has 9 unspecified atom stereocenters. The third-order valence-corrected chi connectivity index (χ3v) is 19.1. The molecule has 0 bridgehead atoms. The maximum absolute atomic E-state index is 14.6. The highest BCUT2D eigenvalue weighted by molar-refractivity contribution is 6.00. The maximum Gasteiger partial charge on any atom is 0.329 e. The van der Waals surface area contributed by atoms with Gasteiger partial charge in [0.1, 0.15) is 60.2 Å². The summed E-state index contributed by atoms with van der Waals surface area (Å²) in [7, 11) is 0. The fraction of sp³-hybridized carbons (Fsp3) is 0.547. The van der Waals surface area contributed by atoms with Gasteiger partial charge < -0.3 is 104 Å². The Morgan fingerprint density at radius 3 is 1.75 bits per heavy atom. The van der Waals surface area contributed by atoms with Crippen molar-refractivity contribution in [1.29, 1.82) is 0 Å². The van der Waals surface area contributed by atoms with Crippen LogP contribution in [0.5, 0.6) is 5.75 Å². The number of carbonyl (C=O) groups is 15. The van der Waals surface area contributed by atoms with Crippen LogP contribution < -0.4 is 69.5 Å². The molecule has 36 nitrogen and oxygen atoms in total. The number of aromatic nitrogens is 4. The van der Waals surface area contributed by atoms with E-state index >= 15 is 0 Å². The lowest BCUT2D eigenvalue weighted by Gasteiger charge is -2.31. The summed E-state index contributed by atoms with van der Waals surface area (Å²) in [5.41, 5.74) is 7.85. The second-order valence-corrected chi connectivity index (χ2v) is 29.1. The molecule has 111 heavy (non-hydrogen) atoms. The highest BCUT2D eigenvalue weighted by Gasteiger charge is 2.41. The number of carboxylic acids is 1. The van der Waals surface area contributed by atoms with Crippen LogP contribution in [0.15, 0.2) is 67.4 Å². The van der Waals surface area contributed by atoms with Crippen molar-refractivity contribution in [1.82, 2.24) is 88.6 Å². The number of benzene rings is 2. The van der Waals surface area contributed by atoms with E-state index in [0.717, 1.165) is 32.1 Å². The number of carbonyl (C=O) groups excluding carboxylic acids is 14. The summed E-state index contributed by atoms with van der Waals surface area (Å²) in [6.45, 7) is 7.55. The van der Waals surface area contributed by atoms with Crippen LogP contribution >= 0.6 is 0 Å². The van der Waals surface area contributed by atoms with Crippen molar-refractivity contribution in [3.05, 3.63) is 84.2 Å². The number of H-pyrrole nitrogens is 3. The first-order valence-electron chi connectivity index (χ1n) is 37.7. The van der Waals surface area contributed by atoms with Crippen LogP contribution in [0.3, 0.4) is 0 Å². The number of urea groups is 1. The molecule has 604 valence electrons. The first-order valence-corrected chi connectivity index (χ1v) is 37.7. The fourth-order valence-electron chi connectivity index (χ4n) is 13.2. The quantitative estimate of drug-likeness (QED) is 0.0308. The summed E-state index contributed by atoms with van der Waals surface area (Å²) in [4.78, 5) is 223. The topological polar surface area (TPSA) is 540 Å². The third-order valence-electron chi connectivity index (χ3n) is 19.1. The van der Waals surface area contributed by atoms with Gasteiger partial charge in [-0.05, 0) is 91.7 Å². The number of aromatic amines is 3. The number of nitrogens with two attached hydrogens (primary N) is 1. The number of phenols is 1. The lowest BCUT2D eigenvalue weighted by molar-refractivity contribution is -0.157. The number of fused-ring (bicyclic) bond motifs is 3. The first-order chi connectivity index (χ1) is 52.9. The Balaban J connectivity index is 1.19. The van der Waals surface area contributed by atoms with Crippen molar-refractivity contribution < 1.29 is 86.9 Å². The van der Waals surface area contributed by atoms with E-state index in [9.17, 15) is 82.1 Å². The van der Waals surface area contributed by atoms with Crippen LogP contribution in [0.1, 0.15) is 148 Å². The van der Waals surface area contributed by atoms with Gasteiger partial charge in [0.2, 0.25) is 70.9 Å². The Morgan fingerprint density at radius 2 is 1.13 bits per heavy atom. The lowest BCUT2D eigenvalue weighted by Crippen LogP contribution is -2.59. The second-order valence-electron chi connectivity index (χ2n) is 29.1. The van der Waals surface area contributed by atoms with Crippen LogP contribution in [0, 0.1) is 17.8 Å². The molecule has 2 fully saturated rings. The molecule has 2 aromatic carbocycles. The summed E-state index contributed by atoms with van der Waals surface area (Å²) in [5, 5.41) is 52.2. The Labute approximate surface area is 641 Å². The zero-order chi connectivity index (χ0) is 80.8. The second kappa shape index (κ2) is 43.0. The zero-order valence-corrected chi connectivity index (χ0v) is 63.4. The molecule has 19 N–H and O–H groups in total. The van der Waals surface area contributed by atoms with E-state index in [1.54, 1.807) is 64.2 Å². The largest absolute Gasteiger partial charge is 0.508 e. The zero-order valence-electron chi connectivity index (χ0n) is 63.4. The molecule has 2 saturated heterocycles. The predicted molar refractivity (Wildman–Crippen MR) is 403 cm³/mol. The van der Waals surface area contributed by atoms with Gasteiger partial charge in [-0.3, -0.25) is 62.3 Å². The number of cyclic esters (lactones) is 1. The molecule has 0 aliphatic carbocycles. The number of nitrogens with zero attached hydrogens (tertiary/aromatic N) is 2. The number of imidazole rings is 1. The van der Waals surface area contributed by atoms with E-state index < -0.39 is 194 Å². The number of hydrogen-bond donors (Lipinski definition) is 18. The monoisotopic (exact) mass is 1550 g/mol. The van der Waals surface area contributed by atoms with Crippen LogP contribution in [0.25, 0.3) is 21.8 Å². The molecule has 0 saturated carbocycles. The Bertz CT molecular complexity index is 4080. The van der Waals surface area contributed by atoms with Crippen molar-refractivity contribution in [2.75, 3.05) is 39.3 Å². The maximum atomic E-state index is 14.6. The molecule has 0 spiro atoms. The smallest absolute Gasteiger partial charge is 0.329 e. The molecule has 5 heterocycles. The van der Waals surface area contributed by atoms with Crippen molar-refractivity contribution in [3.8, 4) is 5.75 Å². The van der Waals surface area contributed by atoms with Gasteiger partial charge >= 0.3 is 18.0 Å². The van der Waals surface area contributed by atoms with Crippen molar-refractivity contribution >= 4 is 111 Å². The van der Waals surface area contributed by atoms with Crippen molar-refractivity contribution in [2.24, 2.45) is 23.5 Å². The minimum absolute atomic E-state index is 0.0245. The highest BCUT2D eigenvalue weighted by Crippen LogP contribution is 2.26. The van der Waals surface area contributed by atoms with E-state index in [2.05, 4.69) is 97.6 Å². The molecule has 0 radical (unpaired) electrons. The number of unbranched alkanes of at least 4 members (excludes halogenated alkanes) is 5. The minimum Gasteiger partial charge on any atom is -0.508 e. The van der Waals surface area contributed by atoms with Gasteiger partial charge in [0, 0.05) is 78.4 Å². The van der Waals surface area contributed by atoms with E-state index in [1.807, 2.05) is 0 Å². The number of hydrogen-bond acceptors (Lipinski definition) is 18. The normalized spacial score (nSPS) is 22.4. The predicted octanol–water partition coefficient (Wildman–Crippen LogP) is 0.283. The van der Waals surface area contributed by atoms with Crippen LogP contribution in [-0.2, 0) is 91.1 Å². The van der Waals surface area contributed by atoms with Gasteiger partial charge in [0.15, 0.2) is 0 Å². The Hall–Kier alpha value is -11.6. The molecule has 7 rings (SSSR count). The number of phenolic OH excluding ortho intramolecular Hbond substituents is 1. The molecule has 36 heteroatoms. The van der Waals surface area contributed by atoms with Crippen LogP contribution in [0.2, 0.25) is 0 Å². The van der Waals surface area contributed by atoms with E-state index in [0.29, 0.717) is 63.8 Å². The molecular formula is C75H106N18O18. The Kier molecular flexibility index (Phi) is 33.5. The summed E-state index contributed by atoms with van der Waals surface area (Å²) in [6.07, 6.45) is 8.74. The van der Waals surface area contributed by atoms with Crippen LogP contribution in [0.4, 0.5) is 4.79 Å². The van der Waals surface area contributed by atoms with Gasteiger partial charge in [0.25, 0.3) is 0 Å². The number of aromatic hydroxyl groups is 1. The van der Waals surface area contributed by atoms with Crippen molar-refractivity contribution in [3.63, 3.8) is 0 Å². The number of ether oxygens (including phenoxy) is 1. The van der Waals surface area contributed by atoms with E-state index in [4.69, 9.17) is 10.5 Å². The number of aliphatic carboxylic acids is 1. The molecular weight excluding hydrogens is 1440 g/mol. The summed E-state index contributed by atoms with van der Waals surface area (Å²) >= 11 is 0. The highest BCUT2D eigenvalue weighted by atomic mass is 16.5. The average Bonchev–Trinajstić information content (AvgIpc) is 1.72. The number of esters is 1. The van der Waals surface area contributed by atoms with Gasteiger partial charge in [0.05, 0.1) is 45.3 Å². The SMILES string of the molecule is CC(C)CCCCCCCCC1CC(=O)NCC(=O)NC(Cc2cnc[nH]2)C(=O)NC(C(C)C)C(=O)N2CCCC2C(=O)NCC(=O)NC(CCCNC(N)=O)C(=O)NC(Cc2c[nH]c3ccc(O)cc23)C(=O)NCC(=O)NC(Cc2c[nH]c3ccccc23)C(=O)NCC(=O)NC(C(C)C)C(=O)NC(CC(=O)O)C(=O)O1. The van der Waals surface area contributed by atoms with Crippen molar-refractivity contribution in [2.45, 2.75) is 205 Å². The number of amides is 14. The first kappa shape index (κ1) is 86.6. The third kappa shape index (κ3) is 27.8. The molecule has 2 aliphatic rings. The number of carboxylic acid groups (broad SMARTS) is 1. The number of primary amides is 1. The standard InChI is InChI=1S/C75H106N18O18/c1-41(2)17-11-9-7-8-10-12-18-48-31-59(95)81-36-60(96)88-56(29-46-35-77-40-85-46)70(105)92-66(43(5)6)73(108)93-26-16-22-58(93)71(106)84-38-61(97)86-53(21-15-25-78-75(76)110)69(104)89-55(28-45-34-80-52-24-23-47(94)30-50(45)52)68(103)82-37-62(98)87-54(27-44-33-79-51-20-14-13-19-49(44)51)67(102)83-39-63(99)91-65(42(3)4)72(107)90-57(32-64(100)101)74(109)111-48/h13-14,19-20,23-24,30,33-35,40-43,48,53-58,65-66,79-80,94H,7-12,15-18,21-22,25-29,31-32,36-39H2,1-6H3,(H,77,85)(H,81,95)(H,82,103)(H,83,102)(H,84,106)(H,86,97)(H,87,98)(H,88,96)(H,89,104)(H,90,107)(H,91,99)(H,92,105)(H,100,101)(H3,76,78,110). The Morgan fingerprint density at radius 1 is 0.568 bits per heavy atom. The number of para-hydroxylation sites is 1. The number of rotatable bonds is 23. The van der Waals surface area contributed by atoms with Crippen LogP contribution in [-0.4, -0.2) is 218 Å². The summed E-state index contributed by atoms with van der Waals surface area (Å²) in [5.74, 6) is -14.3.